The summed E-state index contributed by atoms with van der Waals surface area (Å²) >= 11 is 6.35. The number of halogens is 1. The summed E-state index contributed by atoms with van der Waals surface area (Å²) in [5.41, 5.74) is 7.84. The molecular weight excluding hydrogens is 244 g/mol. The summed E-state index contributed by atoms with van der Waals surface area (Å²) in [6, 6.07) is 6.14. The summed E-state index contributed by atoms with van der Waals surface area (Å²) in [5.74, 6) is 0.732. The van der Waals surface area contributed by atoms with Gasteiger partial charge in [0.05, 0.1) is 10.7 Å². The van der Waals surface area contributed by atoms with E-state index in [1.54, 1.807) is 0 Å². The number of nitrogens with two attached hydrogens (primary N) is 1. The molecule has 2 N–H and O–H groups in total. The molecule has 0 atom stereocenters. The minimum atomic E-state index is 0.540. The highest BCUT2D eigenvalue weighted by Gasteiger charge is 2.13. The molecule has 2 nitrogen and oxygen atoms in total. The van der Waals surface area contributed by atoms with Crippen LogP contribution in [0.15, 0.2) is 18.2 Å². The molecule has 0 fully saturated rings. The molecule has 0 aliphatic carbocycles. The van der Waals surface area contributed by atoms with Gasteiger partial charge in [-0.3, -0.25) is 0 Å². The number of hydrogen-bond acceptors (Lipinski definition) is 2. The van der Waals surface area contributed by atoms with E-state index in [0.29, 0.717) is 6.54 Å². The van der Waals surface area contributed by atoms with Crippen LogP contribution in [0.2, 0.25) is 5.02 Å². The highest BCUT2D eigenvalue weighted by Crippen LogP contribution is 2.28. The number of rotatable bonds is 7. The first kappa shape index (κ1) is 15.3. The molecule has 0 aromatic heterocycles. The zero-order valence-corrected chi connectivity index (χ0v) is 12.5. The van der Waals surface area contributed by atoms with Crippen molar-refractivity contribution in [2.45, 2.75) is 40.2 Å². The third kappa shape index (κ3) is 3.89. The van der Waals surface area contributed by atoms with Crippen LogP contribution in [0.4, 0.5) is 5.69 Å². The molecule has 0 radical (unpaired) electrons. The quantitative estimate of drug-likeness (QED) is 0.808. The smallest absolute Gasteiger partial charge is 0.0642 e. The molecule has 1 rings (SSSR count). The van der Waals surface area contributed by atoms with Crippen molar-refractivity contribution in [1.82, 2.24) is 0 Å². The van der Waals surface area contributed by atoms with Crippen molar-refractivity contribution in [2.75, 3.05) is 18.0 Å². The second-order valence-electron chi connectivity index (χ2n) is 4.71. The summed E-state index contributed by atoms with van der Waals surface area (Å²) in [4.78, 5) is 2.36. The van der Waals surface area contributed by atoms with E-state index in [1.165, 1.54) is 12.8 Å². The van der Waals surface area contributed by atoms with E-state index < -0.39 is 0 Å². The molecule has 0 spiro atoms. The molecule has 0 heterocycles. The Morgan fingerprint density at radius 1 is 1.22 bits per heavy atom. The fraction of sp³-hybridized carbons (Fsp3) is 0.600. The average molecular weight is 269 g/mol. The molecule has 0 aliphatic heterocycles. The summed E-state index contributed by atoms with van der Waals surface area (Å²) in [6.07, 6.45) is 2.43. The monoisotopic (exact) mass is 268 g/mol. The third-order valence-corrected chi connectivity index (χ3v) is 3.91. The normalized spacial score (nSPS) is 11.0. The van der Waals surface area contributed by atoms with Crippen molar-refractivity contribution in [3.8, 4) is 0 Å². The molecule has 0 saturated carbocycles. The minimum absolute atomic E-state index is 0.540. The van der Waals surface area contributed by atoms with Crippen LogP contribution in [0, 0.1) is 5.92 Å². The van der Waals surface area contributed by atoms with Gasteiger partial charge in [0.25, 0.3) is 0 Å². The van der Waals surface area contributed by atoms with Gasteiger partial charge in [0.2, 0.25) is 0 Å². The van der Waals surface area contributed by atoms with Crippen molar-refractivity contribution in [3.05, 3.63) is 28.8 Å². The molecule has 0 bridgehead atoms. The lowest BCUT2D eigenvalue weighted by Crippen LogP contribution is -2.29. The molecule has 0 amide bonds. The van der Waals surface area contributed by atoms with Gasteiger partial charge < -0.3 is 10.6 Å². The van der Waals surface area contributed by atoms with Gasteiger partial charge in [-0.05, 0) is 30.5 Å². The standard InChI is InChI=1S/C15H25ClN2/c1-4-12(5-2)11-18(6-3)15-8-7-13(10-17)9-14(15)16/h7-9,12H,4-6,10-11,17H2,1-3H3. The largest absolute Gasteiger partial charge is 0.370 e. The van der Waals surface area contributed by atoms with Gasteiger partial charge in [-0.25, -0.2) is 0 Å². The van der Waals surface area contributed by atoms with Gasteiger partial charge in [-0.15, -0.1) is 0 Å². The van der Waals surface area contributed by atoms with Crippen LogP contribution in [0.25, 0.3) is 0 Å². The van der Waals surface area contributed by atoms with Gasteiger partial charge in [-0.2, -0.15) is 0 Å². The summed E-state index contributed by atoms with van der Waals surface area (Å²) < 4.78 is 0. The fourth-order valence-electron chi connectivity index (χ4n) is 2.19. The summed E-state index contributed by atoms with van der Waals surface area (Å²) in [6.45, 7) is 9.28. The number of anilines is 1. The third-order valence-electron chi connectivity index (χ3n) is 3.60. The molecule has 1 aromatic carbocycles. The first-order chi connectivity index (χ1) is 8.65. The van der Waals surface area contributed by atoms with Gasteiger partial charge in [0, 0.05) is 19.6 Å². The van der Waals surface area contributed by atoms with E-state index >= 15 is 0 Å². The van der Waals surface area contributed by atoms with Crippen molar-refractivity contribution in [2.24, 2.45) is 11.7 Å². The fourth-order valence-corrected chi connectivity index (χ4v) is 2.51. The maximum absolute atomic E-state index is 6.35. The summed E-state index contributed by atoms with van der Waals surface area (Å²) in [7, 11) is 0. The molecule has 3 heteroatoms. The first-order valence-corrected chi connectivity index (χ1v) is 7.27. The Hall–Kier alpha value is -0.730. The van der Waals surface area contributed by atoms with E-state index in [0.717, 1.165) is 35.3 Å². The maximum Gasteiger partial charge on any atom is 0.0642 e. The van der Waals surface area contributed by atoms with Gasteiger partial charge >= 0.3 is 0 Å². The van der Waals surface area contributed by atoms with Gasteiger partial charge in [0.1, 0.15) is 0 Å². The van der Waals surface area contributed by atoms with Gasteiger partial charge in [0.15, 0.2) is 0 Å². The van der Waals surface area contributed by atoms with E-state index in [9.17, 15) is 0 Å². The topological polar surface area (TPSA) is 29.3 Å². The Morgan fingerprint density at radius 3 is 2.33 bits per heavy atom. The van der Waals surface area contributed by atoms with Crippen molar-refractivity contribution in [3.63, 3.8) is 0 Å². The minimum Gasteiger partial charge on any atom is -0.370 e. The average Bonchev–Trinajstić information content (AvgIpc) is 2.41. The molecule has 1 aromatic rings. The van der Waals surface area contributed by atoms with E-state index in [2.05, 4.69) is 37.8 Å². The molecule has 102 valence electrons. The second-order valence-corrected chi connectivity index (χ2v) is 5.12. The van der Waals surface area contributed by atoms with Crippen LogP contribution in [-0.4, -0.2) is 13.1 Å². The zero-order valence-electron chi connectivity index (χ0n) is 11.7. The van der Waals surface area contributed by atoms with Crippen LogP contribution in [0.5, 0.6) is 0 Å². The zero-order chi connectivity index (χ0) is 13.5. The highest BCUT2D eigenvalue weighted by atomic mass is 35.5. The summed E-state index contributed by atoms with van der Waals surface area (Å²) in [5, 5.41) is 0.811. The van der Waals surface area contributed by atoms with Crippen LogP contribution >= 0.6 is 11.6 Å². The Labute approximate surface area is 116 Å². The van der Waals surface area contributed by atoms with Crippen LogP contribution in [0.3, 0.4) is 0 Å². The lowest BCUT2D eigenvalue weighted by Gasteiger charge is -2.28. The number of benzene rings is 1. The Balaban J connectivity index is 2.87. The highest BCUT2D eigenvalue weighted by molar-refractivity contribution is 6.33. The lowest BCUT2D eigenvalue weighted by atomic mass is 10.0. The Bertz CT molecular complexity index is 362. The molecular formula is C15H25ClN2. The SMILES string of the molecule is CCC(CC)CN(CC)c1ccc(CN)cc1Cl. The predicted octanol–water partition coefficient (Wildman–Crippen LogP) is 4.06. The van der Waals surface area contributed by atoms with Crippen LogP contribution in [0.1, 0.15) is 39.2 Å². The number of hydrogen-bond donors (Lipinski definition) is 1. The van der Waals surface area contributed by atoms with E-state index in [-0.39, 0.29) is 0 Å². The van der Waals surface area contributed by atoms with Crippen LogP contribution < -0.4 is 10.6 Å². The maximum atomic E-state index is 6.35. The molecule has 18 heavy (non-hydrogen) atoms. The predicted molar refractivity (Wildman–Crippen MR) is 81.3 cm³/mol. The Morgan fingerprint density at radius 2 is 1.89 bits per heavy atom. The van der Waals surface area contributed by atoms with Crippen molar-refractivity contribution in [1.29, 1.82) is 0 Å². The van der Waals surface area contributed by atoms with Gasteiger partial charge in [-0.1, -0.05) is 44.4 Å². The lowest BCUT2D eigenvalue weighted by molar-refractivity contribution is 0.486. The van der Waals surface area contributed by atoms with E-state index in [4.69, 9.17) is 17.3 Å². The molecule has 0 saturated heterocycles. The van der Waals surface area contributed by atoms with Crippen molar-refractivity contribution < 1.29 is 0 Å². The molecule has 0 aliphatic rings. The Kier molecular flexibility index (Phi) is 6.51. The second kappa shape index (κ2) is 7.65. The van der Waals surface area contributed by atoms with E-state index in [1.807, 2.05) is 6.07 Å². The van der Waals surface area contributed by atoms with Crippen molar-refractivity contribution >= 4 is 17.3 Å². The van der Waals surface area contributed by atoms with Crippen LogP contribution in [-0.2, 0) is 6.54 Å². The first-order valence-electron chi connectivity index (χ1n) is 6.89. The number of nitrogens with zero attached hydrogens (tertiary/aromatic N) is 1. The molecule has 0 unspecified atom stereocenters.